The number of pyridine rings is 1. The minimum absolute atomic E-state index is 0.246. The Kier molecular flexibility index (Phi) is 3.59. The number of aromatic nitrogens is 1. The molecule has 2 N–H and O–H groups in total. The van der Waals surface area contributed by atoms with Crippen LogP contribution in [0, 0.1) is 23.6 Å². The van der Waals surface area contributed by atoms with Gasteiger partial charge in [-0.05, 0) is 43.1 Å². The zero-order chi connectivity index (χ0) is 14.1. The average Bonchev–Trinajstić information content (AvgIpc) is 3.07. The van der Waals surface area contributed by atoms with Crippen molar-refractivity contribution in [2.75, 3.05) is 18.9 Å². The van der Waals surface area contributed by atoms with Crippen LogP contribution in [-0.2, 0) is 0 Å². The monoisotopic (exact) mass is 277 g/mol. The third kappa shape index (κ3) is 2.49. The fourth-order valence-electron chi connectivity index (χ4n) is 3.76. The Morgan fingerprint density at radius 3 is 2.95 bits per heavy atom. The van der Waals surface area contributed by atoms with Crippen molar-refractivity contribution >= 4 is 11.7 Å². The van der Waals surface area contributed by atoms with E-state index in [-0.39, 0.29) is 11.5 Å². The highest BCUT2D eigenvalue weighted by atomic mass is 19.1. The van der Waals surface area contributed by atoms with Gasteiger partial charge in [-0.25, -0.2) is 9.37 Å². The summed E-state index contributed by atoms with van der Waals surface area (Å²) in [7, 11) is 1.67. The number of fused-ring (bicyclic) bond motifs is 2. The lowest BCUT2D eigenvalue weighted by Gasteiger charge is -2.22. The molecule has 0 saturated heterocycles. The van der Waals surface area contributed by atoms with Gasteiger partial charge in [0.15, 0.2) is 0 Å². The number of amides is 1. The average molecular weight is 277 g/mol. The van der Waals surface area contributed by atoms with Crippen LogP contribution in [0.25, 0.3) is 0 Å². The summed E-state index contributed by atoms with van der Waals surface area (Å²) in [4.78, 5) is 16.1. The molecule has 0 spiro atoms. The number of hydrogen-bond donors (Lipinski definition) is 2. The Morgan fingerprint density at radius 1 is 1.45 bits per heavy atom. The molecule has 2 fully saturated rings. The van der Waals surface area contributed by atoms with Crippen LogP contribution in [0.5, 0.6) is 0 Å². The summed E-state index contributed by atoms with van der Waals surface area (Å²) in [6.07, 6.45) is 6.31. The number of rotatable bonds is 4. The van der Waals surface area contributed by atoms with Gasteiger partial charge in [0.25, 0.3) is 5.91 Å². The maximum absolute atomic E-state index is 13.2. The predicted octanol–water partition coefficient (Wildman–Crippen LogP) is 2.43. The summed E-state index contributed by atoms with van der Waals surface area (Å²) in [6.45, 7) is 0.694. The van der Waals surface area contributed by atoms with Crippen molar-refractivity contribution in [3.8, 4) is 0 Å². The molecule has 3 unspecified atom stereocenters. The SMILES string of the molecule is CNc1ncc(F)cc1C(=O)NCC1CC2CCC1C2. The van der Waals surface area contributed by atoms with Crippen molar-refractivity contribution in [1.29, 1.82) is 0 Å². The van der Waals surface area contributed by atoms with Gasteiger partial charge in [0.1, 0.15) is 11.6 Å². The minimum Gasteiger partial charge on any atom is -0.372 e. The summed E-state index contributed by atoms with van der Waals surface area (Å²) in [5.74, 6) is 1.91. The Morgan fingerprint density at radius 2 is 2.30 bits per heavy atom. The highest BCUT2D eigenvalue weighted by Crippen LogP contribution is 2.47. The van der Waals surface area contributed by atoms with Gasteiger partial charge in [-0.15, -0.1) is 0 Å². The zero-order valence-electron chi connectivity index (χ0n) is 11.7. The maximum atomic E-state index is 13.2. The lowest BCUT2D eigenvalue weighted by Crippen LogP contribution is -2.32. The third-order valence-electron chi connectivity index (χ3n) is 4.75. The molecule has 1 aromatic heterocycles. The summed E-state index contributed by atoms with van der Waals surface area (Å²) in [5, 5.41) is 5.76. The molecular weight excluding hydrogens is 257 g/mol. The molecule has 2 bridgehead atoms. The fraction of sp³-hybridized carbons (Fsp3) is 0.600. The normalized spacial score (nSPS) is 27.6. The zero-order valence-corrected chi connectivity index (χ0v) is 11.7. The lowest BCUT2D eigenvalue weighted by atomic mass is 9.89. The number of hydrogen-bond acceptors (Lipinski definition) is 3. The molecule has 1 heterocycles. The highest BCUT2D eigenvalue weighted by Gasteiger charge is 2.39. The van der Waals surface area contributed by atoms with Crippen LogP contribution in [0.4, 0.5) is 10.2 Å². The van der Waals surface area contributed by atoms with Crippen molar-refractivity contribution in [2.45, 2.75) is 25.7 Å². The van der Waals surface area contributed by atoms with Gasteiger partial charge < -0.3 is 10.6 Å². The molecular formula is C15H20FN3O. The van der Waals surface area contributed by atoms with Gasteiger partial charge in [-0.2, -0.15) is 0 Å². The van der Waals surface area contributed by atoms with Crippen LogP contribution in [0.1, 0.15) is 36.0 Å². The van der Waals surface area contributed by atoms with E-state index in [1.807, 2.05) is 0 Å². The number of nitrogens with one attached hydrogen (secondary N) is 2. The molecule has 1 amide bonds. The van der Waals surface area contributed by atoms with Gasteiger partial charge >= 0.3 is 0 Å². The van der Waals surface area contributed by atoms with Gasteiger partial charge in [0.2, 0.25) is 0 Å². The topological polar surface area (TPSA) is 54.0 Å². The van der Waals surface area contributed by atoms with E-state index in [4.69, 9.17) is 0 Å². The molecule has 1 aromatic rings. The van der Waals surface area contributed by atoms with E-state index in [1.54, 1.807) is 7.05 Å². The molecule has 0 radical (unpaired) electrons. The van der Waals surface area contributed by atoms with Crippen LogP contribution in [0.3, 0.4) is 0 Å². The molecule has 4 nitrogen and oxygen atoms in total. The van der Waals surface area contributed by atoms with Crippen molar-refractivity contribution in [3.63, 3.8) is 0 Å². The summed E-state index contributed by atoms with van der Waals surface area (Å²) in [6, 6.07) is 1.23. The first-order chi connectivity index (χ1) is 9.67. The smallest absolute Gasteiger partial charge is 0.255 e. The van der Waals surface area contributed by atoms with Crippen LogP contribution in [0.2, 0.25) is 0 Å². The standard InChI is InChI=1S/C15H20FN3O/c1-17-14-13(6-12(16)8-18-14)15(20)19-7-11-5-9-2-3-10(11)4-9/h6,8-11H,2-5,7H2,1H3,(H,17,18)(H,19,20). The summed E-state index contributed by atoms with van der Waals surface area (Å²) < 4.78 is 13.2. The molecule has 2 saturated carbocycles. The molecule has 5 heteroatoms. The third-order valence-corrected chi connectivity index (χ3v) is 4.75. The van der Waals surface area contributed by atoms with Crippen LogP contribution in [-0.4, -0.2) is 24.5 Å². The highest BCUT2D eigenvalue weighted by molar-refractivity contribution is 5.98. The van der Waals surface area contributed by atoms with E-state index in [0.29, 0.717) is 18.3 Å². The number of halogens is 1. The van der Waals surface area contributed by atoms with E-state index in [0.717, 1.165) is 18.0 Å². The first kappa shape index (κ1) is 13.3. The van der Waals surface area contributed by atoms with E-state index >= 15 is 0 Å². The van der Waals surface area contributed by atoms with Gasteiger partial charge in [0, 0.05) is 13.6 Å². The van der Waals surface area contributed by atoms with E-state index in [2.05, 4.69) is 15.6 Å². The second-order valence-corrected chi connectivity index (χ2v) is 5.94. The fourth-order valence-corrected chi connectivity index (χ4v) is 3.76. The molecule has 3 rings (SSSR count). The van der Waals surface area contributed by atoms with Crippen LogP contribution >= 0.6 is 0 Å². The van der Waals surface area contributed by atoms with Crippen LogP contribution in [0.15, 0.2) is 12.3 Å². The van der Waals surface area contributed by atoms with Crippen LogP contribution < -0.4 is 10.6 Å². The Labute approximate surface area is 118 Å². The molecule has 0 aromatic carbocycles. The van der Waals surface area contributed by atoms with Crippen molar-refractivity contribution in [1.82, 2.24) is 10.3 Å². The molecule has 0 aliphatic heterocycles. The predicted molar refractivity (Wildman–Crippen MR) is 75.0 cm³/mol. The largest absolute Gasteiger partial charge is 0.372 e. The summed E-state index contributed by atoms with van der Waals surface area (Å²) in [5.41, 5.74) is 0.274. The minimum atomic E-state index is -0.492. The van der Waals surface area contributed by atoms with E-state index in [1.165, 1.54) is 31.7 Å². The number of nitrogens with zero attached hydrogens (tertiary/aromatic N) is 1. The van der Waals surface area contributed by atoms with Gasteiger partial charge in [0.05, 0.1) is 11.8 Å². The molecule has 20 heavy (non-hydrogen) atoms. The van der Waals surface area contributed by atoms with E-state index in [9.17, 15) is 9.18 Å². The quantitative estimate of drug-likeness (QED) is 0.888. The molecule has 3 atom stereocenters. The van der Waals surface area contributed by atoms with Crippen molar-refractivity contribution < 1.29 is 9.18 Å². The second-order valence-electron chi connectivity index (χ2n) is 5.94. The Bertz CT molecular complexity index is 520. The molecule has 2 aliphatic rings. The first-order valence-corrected chi connectivity index (χ1v) is 7.29. The first-order valence-electron chi connectivity index (χ1n) is 7.29. The molecule has 108 valence electrons. The van der Waals surface area contributed by atoms with Gasteiger partial charge in [-0.3, -0.25) is 4.79 Å². The Hall–Kier alpha value is -1.65. The number of anilines is 1. The molecule has 2 aliphatic carbocycles. The number of carbonyl (C=O) groups is 1. The van der Waals surface area contributed by atoms with E-state index < -0.39 is 5.82 Å². The second kappa shape index (κ2) is 5.38. The Balaban J connectivity index is 1.63. The number of carbonyl (C=O) groups excluding carboxylic acids is 1. The lowest BCUT2D eigenvalue weighted by molar-refractivity contribution is 0.0942. The van der Waals surface area contributed by atoms with Gasteiger partial charge in [-0.1, -0.05) is 6.42 Å². The maximum Gasteiger partial charge on any atom is 0.255 e. The summed E-state index contributed by atoms with van der Waals surface area (Å²) >= 11 is 0. The van der Waals surface area contributed by atoms with Crippen molar-refractivity contribution in [2.24, 2.45) is 17.8 Å². The van der Waals surface area contributed by atoms with Crippen molar-refractivity contribution in [3.05, 3.63) is 23.6 Å².